The Hall–Kier alpha value is -0.0800. The van der Waals surface area contributed by atoms with Crippen molar-refractivity contribution < 1.29 is 0 Å². The molecule has 0 aromatic rings. The summed E-state index contributed by atoms with van der Waals surface area (Å²) in [6.45, 7) is 3.86. The molecule has 2 saturated heterocycles. The largest absolute Gasteiger partial charge is 0.293 e. The molecule has 0 N–H and O–H groups in total. The predicted octanol–water partition coefficient (Wildman–Crippen LogP) is 0.744. The fraction of sp³-hybridized carbons (Fsp3) is 1.00. The zero-order valence-electron chi connectivity index (χ0n) is 6.71. The molecule has 0 amide bonds. The van der Waals surface area contributed by atoms with E-state index in [1.54, 1.807) is 0 Å². The van der Waals surface area contributed by atoms with Gasteiger partial charge < -0.3 is 0 Å². The molecule has 0 bridgehead atoms. The molecule has 58 valence electrons. The van der Waals surface area contributed by atoms with Crippen molar-refractivity contribution in [3.63, 3.8) is 0 Å². The molecule has 0 aromatic carbocycles. The normalized spacial score (nSPS) is 36.3. The van der Waals surface area contributed by atoms with Crippen LogP contribution in [0.2, 0.25) is 0 Å². The molecule has 2 heteroatoms. The summed E-state index contributed by atoms with van der Waals surface area (Å²) >= 11 is 0. The van der Waals surface area contributed by atoms with Crippen molar-refractivity contribution in [1.29, 1.82) is 0 Å². The van der Waals surface area contributed by atoms with Crippen molar-refractivity contribution in [1.82, 2.24) is 9.80 Å². The first-order valence-electron chi connectivity index (χ1n) is 4.29. The van der Waals surface area contributed by atoms with Crippen LogP contribution in [-0.2, 0) is 0 Å². The van der Waals surface area contributed by atoms with Crippen LogP contribution in [0.3, 0.4) is 0 Å². The molecule has 2 heterocycles. The number of hydrogen-bond acceptors (Lipinski definition) is 2. The Morgan fingerprint density at radius 3 is 3.00 bits per heavy atom. The lowest BCUT2D eigenvalue weighted by Gasteiger charge is -2.35. The van der Waals surface area contributed by atoms with Gasteiger partial charge in [0.2, 0.25) is 0 Å². The molecule has 0 radical (unpaired) electrons. The molecule has 1 atom stereocenters. The fourth-order valence-corrected chi connectivity index (χ4v) is 2.16. The number of hydrogen-bond donors (Lipinski definition) is 0. The molecule has 2 nitrogen and oxygen atoms in total. The average molecular weight is 140 g/mol. The van der Waals surface area contributed by atoms with Crippen LogP contribution in [0.4, 0.5) is 0 Å². The minimum absolute atomic E-state index is 0.941. The quantitative estimate of drug-likeness (QED) is 0.490. The summed E-state index contributed by atoms with van der Waals surface area (Å²) in [5.74, 6) is 0. The predicted molar refractivity (Wildman–Crippen MR) is 41.8 cm³/mol. The van der Waals surface area contributed by atoms with Crippen LogP contribution in [0.5, 0.6) is 0 Å². The second-order valence-electron chi connectivity index (χ2n) is 3.62. The first-order chi connectivity index (χ1) is 4.86. The Morgan fingerprint density at radius 1 is 1.20 bits per heavy atom. The van der Waals surface area contributed by atoms with Crippen LogP contribution in [0.25, 0.3) is 0 Å². The Kier molecular flexibility index (Phi) is 1.66. The van der Waals surface area contributed by atoms with Gasteiger partial charge in [-0.15, -0.1) is 0 Å². The van der Waals surface area contributed by atoms with Gasteiger partial charge in [0.25, 0.3) is 0 Å². The second-order valence-corrected chi connectivity index (χ2v) is 3.62. The Balaban J connectivity index is 1.96. The van der Waals surface area contributed by atoms with E-state index in [0.717, 1.165) is 6.04 Å². The molecule has 2 aliphatic heterocycles. The molecule has 2 rings (SSSR count). The van der Waals surface area contributed by atoms with Gasteiger partial charge in [-0.2, -0.15) is 0 Å². The maximum atomic E-state index is 2.61. The van der Waals surface area contributed by atoms with E-state index in [1.165, 1.54) is 39.0 Å². The molecule has 2 aliphatic rings. The Morgan fingerprint density at radius 2 is 2.10 bits per heavy atom. The second kappa shape index (κ2) is 2.51. The highest BCUT2D eigenvalue weighted by Gasteiger charge is 2.28. The molecule has 1 unspecified atom stereocenters. The van der Waals surface area contributed by atoms with Crippen molar-refractivity contribution in [2.75, 3.05) is 26.8 Å². The van der Waals surface area contributed by atoms with Gasteiger partial charge in [0, 0.05) is 12.6 Å². The van der Waals surface area contributed by atoms with Gasteiger partial charge in [0.05, 0.1) is 6.67 Å². The fourth-order valence-electron chi connectivity index (χ4n) is 2.16. The summed E-state index contributed by atoms with van der Waals surface area (Å²) in [6.07, 6.45) is 4.28. The summed E-state index contributed by atoms with van der Waals surface area (Å²) in [7, 11) is 2.22. The first kappa shape index (κ1) is 6.62. The summed E-state index contributed by atoms with van der Waals surface area (Å²) in [6, 6.07) is 0.941. The van der Waals surface area contributed by atoms with Crippen molar-refractivity contribution in [2.24, 2.45) is 0 Å². The maximum Gasteiger partial charge on any atom is 0.0506 e. The number of rotatable bonds is 0. The highest BCUT2D eigenvalue weighted by molar-refractivity contribution is 4.82. The van der Waals surface area contributed by atoms with Crippen molar-refractivity contribution in [2.45, 2.75) is 25.3 Å². The van der Waals surface area contributed by atoms with E-state index >= 15 is 0 Å². The van der Waals surface area contributed by atoms with Crippen LogP contribution in [-0.4, -0.2) is 42.6 Å². The molecule has 2 fully saturated rings. The summed E-state index contributed by atoms with van der Waals surface area (Å²) in [5.41, 5.74) is 0. The Labute approximate surface area is 62.8 Å². The molecule has 0 aliphatic carbocycles. The van der Waals surface area contributed by atoms with Gasteiger partial charge in [-0.05, 0) is 32.9 Å². The zero-order valence-corrected chi connectivity index (χ0v) is 6.71. The van der Waals surface area contributed by atoms with Crippen LogP contribution >= 0.6 is 0 Å². The average Bonchev–Trinajstić information content (AvgIpc) is 2.33. The lowest BCUT2D eigenvalue weighted by atomic mass is 10.1. The van der Waals surface area contributed by atoms with E-state index < -0.39 is 0 Å². The van der Waals surface area contributed by atoms with Gasteiger partial charge >= 0.3 is 0 Å². The monoisotopic (exact) mass is 140 g/mol. The lowest BCUT2D eigenvalue weighted by Crippen LogP contribution is -2.45. The van der Waals surface area contributed by atoms with E-state index in [9.17, 15) is 0 Å². The van der Waals surface area contributed by atoms with Gasteiger partial charge in [0.15, 0.2) is 0 Å². The van der Waals surface area contributed by atoms with Crippen LogP contribution < -0.4 is 0 Å². The van der Waals surface area contributed by atoms with Crippen molar-refractivity contribution in [3.05, 3.63) is 0 Å². The third-order valence-electron chi connectivity index (χ3n) is 2.77. The molecule has 10 heavy (non-hydrogen) atoms. The smallest absolute Gasteiger partial charge is 0.0506 e. The summed E-state index contributed by atoms with van der Waals surface area (Å²) in [5, 5.41) is 0. The van der Waals surface area contributed by atoms with Crippen molar-refractivity contribution in [3.8, 4) is 0 Å². The van der Waals surface area contributed by atoms with E-state index in [4.69, 9.17) is 0 Å². The standard InChI is InChI=1S/C8H16N2/c1-9-6-4-8-3-2-5-10(8)7-9/h8H,2-7H2,1H3. The SMILES string of the molecule is CN1CCC2CCCN2C1. The highest BCUT2D eigenvalue weighted by Crippen LogP contribution is 2.23. The van der Waals surface area contributed by atoms with E-state index in [0.29, 0.717) is 0 Å². The number of nitrogens with zero attached hydrogens (tertiary/aromatic N) is 2. The Bertz CT molecular complexity index is 124. The van der Waals surface area contributed by atoms with Gasteiger partial charge in [0.1, 0.15) is 0 Å². The first-order valence-corrected chi connectivity index (χ1v) is 4.29. The van der Waals surface area contributed by atoms with Crippen LogP contribution in [0, 0.1) is 0 Å². The molecular weight excluding hydrogens is 124 g/mol. The molecule has 0 spiro atoms. The number of fused-ring (bicyclic) bond motifs is 1. The molecule has 0 aromatic heterocycles. The minimum atomic E-state index is 0.941. The van der Waals surface area contributed by atoms with Crippen molar-refractivity contribution >= 4 is 0 Å². The minimum Gasteiger partial charge on any atom is -0.293 e. The van der Waals surface area contributed by atoms with E-state index in [1.807, 2.05) is 0 Å². The lowest BCUT2D eigenvalue weighted by molar-refractivity contribution is 0.0858. The highest BCUT2D eigenvalue weighted by atomic mass is 15.3. The topological polar surface area (TPSA) is 6.48 Å². The van der Waals surface area contributed by atoms with Crippen LogP contribution in [0.1, 0.15) is 19.3 Å². The van der Waals surface area contributed by atoms with E-state index in [2.05, 4.69) is 16.8 Å². The third-order valence-corrected chi connectivity index (χ3v) is 2.77. The zero-order chi connectivity index (χ0) is 6.97. The maximum absolute atomic E-state index is 2.61. The van der Waals surface area contributed by atoms with Gasteiger partial charge in [-0.1, -0.05) is 0 Å². The van der Waals surface area contributed by atoms with Gasteiger partial charge in [-0.25, -0.2) is 0 Å². The molecular formula is C8H16N2. The molecule has 0 saturated carbocycles. The third kappa shape index (κ3) is 1.06. The van der Waals surface area contributed by atoms with Gasteiger partial charge in [-0.3, -0.25) is 9.80 Å². The van der Waals surface area contributed by atoms with E-state index in [-0.39, 0.29) is 0 Å². The summed E-state index contributed by atoms with van der Waals surface area (Å²) < 4.78 is 0. The summed E-state index contributed by atoms with van der Waals surface area (Å²) in [4.78, 5) is 5.03. The van der Waals surface area contributed by atoms with Crippen LogP contribution in [0.15, 0.2) is 0 Å².